The maximum Gasteiger partial charge on any atom is 0.251 e. The highest BCUT2D eigenvalue weighted by Crippen LogP contribution is 2.36. The van der Waals surface area contributed by atoms with Crippen LogP contribution in [0.15, 0.2) is 36.4 Å². The number of carbonyl (C=O) groups is 1. The lowest BCUT2D eigenvalue weighted by Gasteiger charge is -2.25. The van der Waals surface area contributed by atoms with Crippen LogP contribution in [0.5, 0.6) is 5.75 Å². The zero-order valence-corrected chi connectivity index (χ0v) is 14.2. The molecule has 0 aromatic heterocycles. The van der Waals surface area contributed by atoms with Crippen LogP contribution < -0.4 is 4.74 Å². The van der Waals surface area contributed by atoms with Gasteiger partial charge in [0.1, 0.15) is 24.0 Å². The molecule has 1 fully saturated rings. The molecule has 2 aromatic carbocycles. The van der Waals surface area contributed by atoms with Crippen LogP contribution >= 0.6 is 11.6 Å². The monoisotopic (exact) mass is 367 g/mol. The molecule has 0 aliphatic carbocycles. The first kappa shape index (κ1) is 17.6. The van der Waals surface area contributed by atoms with Crippen LogP contribution in [0, 0.1) is 11.6 Å². The van der Waals surface area contributed by atoms with Crippen molar-refractivity contribution in [3.8, 4) is 5.75 Å². The zero-order valence-electron chi connectivity index (χ0n) is 13.5. The molecule has 1 aliphatic heterocycles. The average molecular weight is 368 g/mol. The molecule has 7 heteroatoms. The van der Waals surface area contributed by atoms with Crippen LogP contribution in [0.4, 0.5) is 8.78 Å². The highest BCUT2D eigenvalue weighted by molar-refractivity contribution is 6.31. The minimum Gasteiger partial charge on any atom is -0.493 e. The highest BCUT2D eigenvalue weighted by Gasteiger charge is 2.36. The number of hydrogen-bond donors (Lipinski definition) is 0. The molecule has 132 valence electrons. The summed E-state index contributed by atoms with van der Waals surface area (Å²) >= 11 is 5.88. The summed E-state index contributed by atoms with van der Waals surface area (Å²) in [6.07, 6.45) is -0.756. The van der Waals surface area contributed by atoms with Gasteiger partial charge in [-0.05, 0) is 25.1 Å². The van der Waals surface area contributed by atoms with Gasteiger partial charge in [-0.2, -0.15) is 0 Å². The molecular weight excluding hydrogens is 352 g/mol. The van der Waals surface area contributed by atoms with E-state index in [2.05, 4.69) is 0 Å². The summed E-state index contributed by atoms with van der Waals surface area (Å²) in [5.74, 6) is -1.18. The van der Waals surface area contributed by atoms with E-state index >= 15 is 0 Å². The Bertz CT molecular complexity index is 800. The molecule has 0 N–H and O–H groups in total. The third-order valence-electron chi connectivity index (χ3n) is 3.92. The van der Waals surface area contributed by atoms with Crippen LogP contribution in [0.25, 0.3) is 0 Å². The minimum atomic E-state index is -0.756. The second-order valence-corrected chi connectivity index (χ2v) is 5.86. The topological polar surface area (TPSA) is 38.8 Å². The van der Waals surface area contributed by atoms with E-state index in [4.69, 9.17) is 21.1 Å². The van der Waals surface area contributed by atoms with Gasteiger partial charge < -0.3 is 14.4 Å². The van der Waals surface area contributed by atoms with Gasteiger partial charge in [0.15, 0.2) is 6.23 Å². The zero-order chi connectivity index (χ0) is 18.0. The quantitative estimate of drug-likeness (QED) is 0.748. The third-order valence-corrected chi connectivity index (χ3v) is 4.33. The Kier molecular flexibility index (Phi) is 5.20. The number of halogens is 3. The fourth-order valence-electron chi connectivity index (χ4n) is 2.74. The molecular formula is C18H16ClF2NO3. The molecule has 0 saturated carbocycles. The van der Waals surface area contributed by atoms with Crippen molar-refractivity contribution < 1.29 is 23.0 Å². The summed E-state index contributed by atoms with van der Waals surface area (Å²) in [4.78, 5) is 13.6. The van der Waals surface area contributed by atoms with Gasteiger partial charge >= 0.3 is 0 Å². The fraction of sp³-hybridized carbons (Fsp3) is 0.278. The number of amides is 1. The van der Waals surface area contributed by atoms with Gasteiger partial charge in [-0.15, -0.1) is 0 Å². The summed E-state index contributed by atoms with van der Waals surface area (Å²) in [6, 6.07) is 9.06. The molecule has 0 radical (unpaired) electrons. The lowest BCUT2D eigenvalue weighted by Crippen LogP contribution is -2.29. The van der Waals surface area contributed by atoms with Crippen LogP contribution in [0.2, 0.25) is 5.02 Å². The van der Waals surface area contributed by atoms with Gasteiger partial charge in [-0.25, -0.2) is 8.78 Å². The number of para-hydroxylation sites is 1. The first-order chi connectivity index (χ1) is 12.0. The van der Waals surface area contributed by atoms with Crippen molar-refractivity contribution in [3.05, 3.63) is 64.2 Å². The van der Waals surface area contributed by atoms with E-state index in [1.165, 1.54) is 4.90 Å². The number of carbonyl (C=O) groups excluding carboxylic acids is 1. The number of hydrogen-bond acceptors (Lipinski definition) is 3. The molecule has 1 atom stereocenters. The van der Waals surface area contributed by atoms with E-state index < -0.39 is 17.9 Å². The first-order valence-corrected chi connectivity index (χ1v) is 8.16. The molecule has 0 spiro atoms. The predicted molar refractivity (Wildman–Crippen MR) is 88.2 cm³/mol. The molecule has 1 heterocycles. The van der Waals surface area contributed by atoms with Crippen molar-refractivity contribution in [1.29, 1.82) is 0 Å². The van der Waals surface area contributed by atoms with Gasteiger partial charge in [0, 0.05) is 11.1 Å². The molecule has 1 amide bonds. The molecule has 0 bridgehead atoms. The van der Waals surface area contributed by atoms with E-state index in [0.29, 0.717) is 17.9 Å². The average Bonchev–Trinajstić information content (AvgIpc) is 2.96. The van der Waals surface area contributed by atoms with Crippen LogP contribution in [0.3, 0.4) is 0 Å². The second-order valence-electron chi connectivity index (χ2n) is 5.48. The Labute approximate surface area is 148 Å². The first-order valence-electron chi connectivity index (χ1n) is 7.78. The summed E-state index contributed by atoms with van der Waals surface area (Å²) in [7, 11) is 0. The normalized spacial score (nSPS) is 17.2. The SMILES string of the molecule is CCOc1ccccc1C1OCC(=O)N1Cc1c(F)ccc(F)c1Cl. The molecule has 4 nitrogen and oxygen atoms in total. The van der Waals surface area contributed by atoms with Crippen molar-refractivity contribution in [2.45, 2.75) is 19.7 Å². The summed E-state index contributed by atoms with van der Waals surface area (Å²) < 4.78 is 38.9. The van der Waals surface area contributed by atoms with Gasteiger partial charge in [-0.1, -0.05) is 29.8 Å². The Hall–Kier alpha value is -2.18. The maximum atomic E-state index is 14.1. The molecule has 1 saturated heterocycles. The van der Waals surface area contributed by atoms with Gasteiger partial charge in [0.25, 0.3) is 5.91 Å². The third kappa shape index (κ3) is 3.45. The Morgan fingerprint density at radius 3 is 2.72 bits per heavy atom. The largest absolute Gasteiger partial charge is 0.493 e. The number of rotatable bonds is 5. The second kappa shape index (κ2) is 7.37. The molecule has 25 heavy (non-hydrogen) atoms. The standard InChI is InChI=1S/C18H16ClF2NO3/c1-2-24-15-6-4-3-5-11(15)18-22(16(23)10-25-18)9-12-13(20)7-8-14(21)17(12)19/h3-8,18H,2,9-10H2,1H3. The molecule has 1 aliphatic rings. The van der Waals surface area contributed by atoms with E-state index in [9.17, 15) is 13.6 Å². The lowest BCUT2D eigenvalue weighted by atomic mass is 10.1. The molecule has 1 unspecified atom stereocenters. The summed E-state index contributed by atoms with van der Waals surface area (Å²) in [6.45, 7) is 1.94. The van der Waals surface area contributed by atoms with Crippen molar-refractivity contribution in [2.75, 3.05) is 13.2 Å². The van der Waals surface area contributed by atoms with Crippen LogP contribution in [-0.2, 0) is 16.1 Å². The number of nitrogens with zero attached hydrogens (tertiary/aromatic N) is 1. The Morgan fingerprint density at radius 2 is 1.96 bits per heavy atom. The minimum absolute atomic E-state index is 0.0839. The number of benzene rings is 2. The lowest BCUT2D eigenvalue weighted by molar-refractivity contribution is -0.128. The fourth-order valence-corrected chi connectivity index (χ4v) is 2.95. The van der Waals surface area contributed by atoms with E-state index in [-0.39, 0.29) is 29.6 Å². The van der Waals surface area contributed by atoms with E-state index in [1.807, 2.05) is 6.92 Å². The predicted octanol–water partition coefficient (Wildman–Crippen LogP) is 4.07. The molecule has 3 rings (SSSR count). The molecule has 2 aromatic rings. The van der Waals surface area contributed by atoms with Crippen LogP contribution in [-0.4, -0.2) is 24.0 Å². The van der Waals surface area contributed by atoms with Crippen molar-refractivity contribution in [3.63, 3.8) is 0 Å². The smallest absolute Gasteiger partial charge is 0.251 e. The van der Waals surface area contributed by atoms with Crippen molar-refractivity contribution >= 4 is 17.5 Å². The Morgan fingerprint density at radius 1 is 1.24 bits per heavy atom. The summed E-state index contributed by atoms with van der Waals surface area (Å²) in [5.41, 5.74) is 0.558. The van der Waals surface area contributed by atoms with E-state index in [1.54, 1.807) is 24.3 Å². The van der Waals surface area contributed by atoms with Gasteiger partial charge in [-0.3, -0.25) is 4.79 Å². The number of ether oxygens (including phenoxy) is 2. The summed E-state index contributed by atoms with van der Waals surface area (Å²) in [5, 5.41) is -0.337. The Balaban J connectivity index is 1.95. The van der Waals surface area contributed by atoms with Gasteiger partial charge in [0.2, 0.25) is 0 Å². The van der Waals surface area contributed by atoms with Crippen molar-refractivity contribution in [2.24, 2.45) is 0 Å². The maximum absolute atomic E-state index is 14.1. The van der Waals surface area contributed by atoms with Gasteiger partial charge in [0.05, 0.1) is 18.2 Å². The highest BCUT2D eigenvalue weighted by atomic mass is 35.5. The van der Waals surface area contributed by atoms with Crippen molar-refractivity contribution in [1.82, 2.24) is 4.90 Å². The van der Waals surface area contributed by atoms with Crippen LogP contribution in [0.1, 0.15) is 24.3 Å². The van der Waals surface area contributed by atoms with E-state index in [0.717, 1.165) is 12.1 Å².